The summed E-state index contributed by atoms with van der Waals surface area (Å²) in [5, 5.41) is 11.7. The Morgan fingerprint density at radius 1 is 1.26 bits per heavy atom. The number of aliphatic hydroxyl groups is 1. The molecule has 0 bridgehead atoms. The van der Waals surface area contributed by atoms with Crippen molar-refractivity contribution in [3.63, 3.8) is 0 Å². The van der Waals surface area contributed by atoms with Crippen LogP contribution in [0.5, 0.6) is 0 Å². The molecular weight excluding hydrogens is 455 g/mol. The van der Waals surface area contributed by atoms with Crippen molar-refractivity contribution < 1.29 is 9.84 Å². The smallest absolute Gasteiger partial charge is 0.153 e. The minimum absolute atomic E-state index is 0.169. The zero-order valence-electron chi connectivity index (χ0n) is 17.6. The van der Waals surface area contributed by atoms with E-state index in [1.807, 2.05) is 19.1 Å². The summed E-state index contributed by atoms with van der Waals surface area (Å²) in [7, 11) is 0. The van der Waals surface area contributed by atoms with E-state index in [0.717, 1.165) is 67.0 Å². The molecule has 2 aromatic rings. The summed E-state index contributed by atoms with van der Waals surface area (Å²) in [6.45, 7) is 5.91. The molecule has 2 saturated heterocycles. The van der Waals surface area contributed by atoms with Gasteiger partial charge in [-0.25, -0.2) is 9.97 Å². The second-order valence-corrected chi connectivity index (χ2v) is 10.3. The van der Waals surface area contributed by atoms with Crippen molar-refractivity contribution in [3.05, 3.63) is 39.6 Å². The van der Waals surface area contributed by atoms with E-state index in [4.69, 9.17) is 43.6 Å². The molecule has 6 nitrogen and oxygen atoms in total. The maximum absolute atomic E-state index is 10.0. The van der Waals surface area contributed by atoms with E-state index in [9.17, 15) is 5.11 Å². The average molecular weight is 483 g/mol. The van der Waals surface area contributed by atoms with E-state index in [0.29, 0.717) is 28.2 Å². The maximum Gasteiger partial charge on any atom is 0.153 e. The number of ether oxygens (including phenoxy) is 1. The molecule has 3 heterocycles. The molecule has 3 N–H and O–H groups in total. The molecule has 0 unspecified atom stereocenters. The number of benzene rings is 1. The van der Waals surface area contributed by atoms with Gasteiger partial charge in [0.1, 0.15) is 10.7 Å². The molecule has 0 amide bonds. The van der Waals surface area contributed by atoms with Gasteiger partial charge >= 0.3 is 0 Å². The lowest BCUT2D eigenvalue weighted by atomic mass is 9.71. The number of aliphatic hydroxyl groups excluding tert-OH is 1. The first-order valence-electron chi connectivity index (χ1n) is 10.6. The number of hydrogen-bond acceptors (Lipinski definition) is 7. The molecule has 0 saturated carbocycles. The van der Waals surface area contributed by atoms with Gasteiger partial charge in [-0.15, -0.1) is 0 Å². The molecule has 31 heavy (non-hydrogen) atoms. The van der Waals surface area contributed by atoms with Crippen LogP contribution in [0, 0.1) is 18.3 Å². The largest absolute Gasteiger partial charge is 0.390 e. The van der Waals surface area contributed by atoms with Crippen LogP contribution in [0.25, 0.3) is 0 Å². The Kier molecular flexibility index (Phi) is 7.30. The summed E-state index contributed by atoms with van der Waals surface area (Å²) in [4.78, 5) is 12.6. The molecule has 0 spiro atoms. The number of anilines is 1. The predicted octanol–water partition coefficient (Wildman–Crippen LogP) is 4.32. The van der Waals surface area contributed by atoms with Gasteiger partial charge in [-0.05, 0) is 50.3 Å². The summed E-state index contributed by atoms with van der Waals surface area (Å²) in [6.07, 6.45) is 3.16. The van der Waals surface area contributed by atoms with E-state index < -0.39 is 0 Å². The molecular formula is C22H28Cl2N4O2S. The van der Waals surface area contributed by atoms with Crippen molar-refractivity contribution >= 4 is 40.8 Å². The van der Waals surface area contributed by atoms with Gasteiger partial charge in [-0.2, -0.15) is 0 Å². The fourth-order valence-corrected chi connectivity index (χ4v) is 5.72. The summed E-state index contributed by atoms with van der Waals surface area (Å²) < 4.78 is 5.35. The third-order valence-corrected chi connectivity index (χ3v) is 8.41. The van der Waals surface area contributed by atoms with Crippen LogP contribution in [-0.4, -0.2) is 47.9 Å². The predicted molar refractivity (Wildman–Crippen MR) is 125 cm³/mol. The first kappa shape index (κ1) is 23.1. The Hall–Kier alpha value is -1.09. The van der Waals surface area contributed by atoms with Gasteiger partial charge in [0.25, 0.3) is 0 Å². The molecule has 1 aromatic heterocycles. The van der Waals surface area contributed by atoms with Crippen LogP contribution in [0.2, 0.25) is 10.0 Å². The molecule has 0 aliphatic carbocycles. The Morgan fingerprint density at radius 3 is 2.61 bits per heavy atom. The van der Waals surface area contributed by atoms with Crippen LogP contribution in [0.4, 0.5) is 5.82 Å². The molecule has 0 atom stereocenters. The fraction of sp³-hybridized carbons (Fsp3) is 0.545. The van der Waals surface area contributed by atoms with Crippen molar-refractivity contribution in [2.24, 2.45) is 17.1 Å². The Bertz CT molecular complexity index is 934. The van der Waals surface area contributed by atoms with Crippen LogP contribution in [0.1, 0.15) is 30.7 Å². The van der Waals surface area contributed by atoms with Crippen LogP contribution in [0.3, 0.4) is 0 Å². The van der Waals surface area contributed by atoms with Gasteiger partial charge < -0.3 is 20.5 Å². The highest BCUT2D eigenvalue weighted by Gasteiger charge is 2.38. The van der Waals surface area contributed by atoms with E-state index in [1.54, 1.807) is 6.07 Å². The van der Waals surface area contributed by atoms with Gasteiger partial charge in [0.05, 0.1) is 35.6 Å². The van der Waals surface area contributed by atoms with Gasteiger partial charge in [0.2, 0.25) is 0 Å². The standard InChI is InChI=1S/C22H28Cl2N4O2S/c1-14-21(31-18-4-2-3-16(23)19(18)24)27-17(10-29)20(26-14)28-7-5-22(13-25,6-8-28)9-15-11-30-12-15/h2-4,15,29H,5-13,25H2,1H3. The van der Waals surface area contributed by atoms with Crippen LogP contribution >= 0.6 is 35.0 Å². The van der Waals surface area contributed by atoms with Crippen molar-refractivity contribution in [1.29, 1.82) is 0 Å². The lowest BCUT2D eigenvalue weighted by Crippen LogP contribution is -2.47. The number of rotatable bonds is 7. The van der Waals surface area contributed by atoms with Crippen LogP contribution < -0.4 is 10.6 Å². The van der Waals surface area contributed by atoms with Gasteiger partial charge in [-0.1, -0.05) is 41.0 Å². The average Bonchev–Trinajstić information content (AvgIpc) is 2.75. The quantitative estimate of drug-likeness (QED) is 0.607. The number of aryl methyl sites for hydroxylation is 1. The lowest BCUT2D eigenvalue weighted by Gasteiger charge is -2.45. The van der Waals surface area contributed by atoms with Gasteiger partial charge in [-0.3, -0.25) is 0 Å². The summed E-state index contributed by atoms with van der Waals surface area (Å²) in [6, 6.07) is 5.51. The van der Waals surface area contributed by atoms with Crippen molar-refractivity contribution in [2.45, 2.75) is 42.7 Å². The van der Waals surface area contributed by atoms with Crippen molar-refractivity contribution in [2.75, 3.05) is 37.7 Å². The third kappa shape index (κ3) is 4.97. The van der Waals surface area contributed by atoms with Crippen LogP contribution in [-0.2, 0) is 11.3 Å². The zero-order chi connectivity index (χ0) is 22.0. The second-order valence-electron chi connectivity index (χ2n) is 8.50. The normalized spacial score (nSPS) is 18.8. The third-order valence-electron chi connectivity index (χ3n) is 6.34. The number of halogens is 2. The van der Waals surface area contributed by atoms with Gasteiger partial charge in [0, 0.05) is 23.9 Å². The van der Waals surface area contributed by atoms with E-state index >= 15 is 0 Å². The molecule has 9 heteroatoms. The molecule has 168 valence electrons. The molecule has 0 radical (unpaired) electrons. The highest BCUT2D eigenvalue weighted by Crippen LogP contribution is 2.41. The first-order valence-corrected chi connectivity index (χ1v) is 12.1. The Balaban J connectivity index is 1.51. The lowest BCUT2D eigenvalue weighted by molar-refractivity contribution is -0.0566. The summed E-state index contributed by atoms with van der Waals surface area (Å²) in [5.74, 6) is 1.40. The molecule has 2 fully saturated rings. The first-order chi connectivity index (χ1) is 14.9. The molecule has 1 aromatic carbocycles. The van der Waals surface area contributed by atoms with E-state index in [1.165, 1.54) is 11.8 Å². The number of aromatic nitrogens is 2. The monoisotopic (exact) mass is 482 g/mol. The van der Waals surface area contributed by atoms with Crippen molar-refractivity contribution in [1.82, 2.24) is 9.97 Å². The van der Waals surface area contributed by atoms with Gasteiger partial charge in [0.15, 0.2) is 5.82 Å². The van der Waals surface area contributed by atoms with E-state index in [2.05, 4.69) is 4.90 Å². The zero-order valence-corrected chi connectivity index (χ0v) is 19.9. The number of piperidine rings is 1. The maximum atomic E-state index is 10.0. The highest BCUT2D eigenvalue weighted by atomic mass is 35.5. The molecule has 2 aliphatic heterocycles. The minimum Gasteiger partial charge on any atom is -0.390 e. The summed E-state index contributed by atoms with van der Waals surface area (Å²) in [5.41, 5.74) is 7.75. The number of hydrogen-bond donors (Lipinski definition) is 2. The molecule has 4 rings (SSSR count). The Morgan fingerprint density at radius 2 is 2.00 bits per heavy atom. The minimum atomic E-state index is -0.169. The topological polar surface area (TPSA) is 84.5 Å². The van der Waals surface area contributed by atoms with Crippen LogP contribution in [0.15, 0.2) is 28.1 Å². The Labute approximate surface area is 197 Å². The fourth-order valence-electron chi connectivity index (χ4n) is 4.35. The second kappa shape index (κ2) is 9.81. The van der Waals surface area contributed by atoms with E-state index in [-0.39, 0.29) is 12.0 Å². The number of nitrogens with zero attached hydrogens (tertiary/aromatic N) is 3. The number of nitrogens with two attached hydrogens (primary N) is 1. The summed E-state index contributed by atoms with van der Waals surface area (Å²) >= 11 is 13.9. The molecule has 2 aliphatic rings. The van der Waals surface area contributed by atoms with Crippen molar-refractivity contribution in [3.8, 4) is 0 Å². The SMILES string of the molecule is Cc1nc(N2CCC(CN)(CC3COC3)CC2)c(CO)nc1Sc1cccc(Cl)c1Cl. The highest BCUT2D eigenvalue weighted by molar-refractivity contribution is 7.99.